The van der Waals surface area contributed by atoms with E-state index in [-0.39, 0.29) is 12.1 Å². The first-order valence-electron chi connectivity index (χ1n) is 5.41. The van der Waals surface area contributed by atoms with Gasteiger partial charge in [-0.05, 0) is 39.0 Å². The highest BCUT2D eigenvalue weighted by Crippen LogP contribution is 2.23. The molecule has 0 amide bonds. The molecule has 2 aromatic heterocycles. The van der Waals surface area contributed by atoms with Crippen molar-refractivity contribution in [2.45, 2.75) is 32.9 Å². The number of hydrogen-bond donors (Lipinski definition) is 1. The molecule has 2 unspecified atom stereocenters. The van der Waals surface area contributed by atoms with E-state index in [9.17, 15) is 0 Å². The van der Waals surface area contributed by atoms with E-state index in [1.54, 1.807) is 6.26 Å². The van der Waals surface area contributed by atoms with Gasteiger partial charge in [0.15, 0.2) is 0 Å². The van der Waals surface area contributed by atoms with Crippen LogP contribution in [-0.4, -0.2) is 15.8 Å². The molecule has 86 valence electrons. The molecule has 4 nitrogen and oxygen atoms in total. The Hall–Kier alpha value is -1.55. The number of hydrogen-bond acceptors (Lipinski definition) is 3. The average molecular weight is 219 g/mol. The zero-order chi connectivity index (χ0) is 11.7. The first kappa shape index (κ1) is 11.0. The number of nitrogens with zero attached hydrogens (tertiary/aromatic N) is 2. The SMILES string of the molecule is Cc1cc(C)n(C(c2ccco2)C(C)N)n1. The second-order valence-corrected chi connectivity index (χ2v) is 4.19. The summed E-state index contributed by atoms with van der Waals surface area (Å²) in [5.41, 5.74) is 8.11. The van der Waals surface area contributed by atoms with Crippen molar-refractivity contribution in [3.05, 3.63) is 41.6 Å². The van der Waals surface area contributed by atoms with E-state index in [4.69, 9.17) is 10.2 Å². The molecular formula is C12H17N3O. The zero-order valence-corrected chi connectivity index (χ0v) is 9.84. The standard InChI is InChI=1S/C12H17N3O/c1-8-7-9(2)15(14-8)12(10(3)13)11-5-4-6-16-11/h4-7,10,12H,13H2,1-3H3. The van der Waals surface area contributed by atoms with Crippen LogP contribution in [0.25, 0.3) is 0 Å². The molecular weight excluding hydrogens is 202 g/mol. The van der Waals surface area contributed by atoms with Gasteiger partial charge in [0.25, 0.3) is 0 Å². The Bertz CT molecular complexity index is 457. The van der Waals surface area contributed by atoms with E-state index >= 15 is 0 Å². The molecule has 0 radical (unpaired) electrons. The van der Waals surface area contributed by atoms with Crippen LogP contribution in [0.3, 0.4) is 0 Å². The topological polar surface area (TPSA) is 57.0 Å². The maximum atomic E-state index is 6.02. The lowest BCUT2D eigenvalue weighted by molar-refractivity contribution is 0.363. The monoisotopic (exact) mass is 219 g/mol. The van der Waals surface area contributed by atoms with Crippen molar-refractivity contribution in [1.82, 2.24) is 9.78 Å². The van der Waals surface area contributed by atoms with Crippen molar-refractivity contribution in [2.75, 3.05) is 0 Å². The fourth-order valence-corrected chi connectivity index (χ4v) is 1.99. The number of rotatable bonds is 3. The summed E-state index contributed by atoms with van der Waals surface area (Å²) in [5.74, 6) is 0.848. The van der Waals surface area contributed by atoms with E-state index in [2.05, 4.69) is 5.10 Å². The summed E-state index contributed by atoms with van der Waals surface area (Å²) in [4.78, 5) is 0. The van der Waals surface area contributed by atoms with Crippen LogP contribution in [-0.2, 0) is 0 Å². The lowest BCUT2D eigenvalue weighted by Gasteiger charge is -2.20. The fourth-order valence-electron chi connectivity index (χ4n) is 1.99. The van der Waals surface area contributed by atoms with E-state index in [0.717, 1.165) is 17.1 Å². The molecule has 0 aliphatic rings. The van der Waals surface area contributed by atoms with Crippen LogP contribution in [0.2, 0.25) is 0 Å². The summed E-state index contributed by atoms with van der Waals surface area (Å²) < 4.78 is 7.36. The van der Waals surface area contributed by atoms with Crippen LogP contribution < -0.4 is 5.73 Å². The van der Waals surface area contributed by atoms with Gasteiger partial charge in [0.1, 0.15) is 11.8 Å². The van der Waals surface area contributed by atoms with E-state index < -0.39 is 0 Å². The molecule has 0 aromatic carbocycles. The molecule has 4 heteroatoms. The highest BCUT2D eigenvalue weighted by Gasteiger charge is 2.23. The minimum absolute atomic E-state index is 0.0382. The highest BCUT2D eigenvalue weighted by molar-refractivity contribution is 5.14. The van der Waals surface area contributed by atoms with Crippen molar-refractivity contribution in [3.8, 4) is 0 Å². The van der Waals surface area contributed by atoms with Crippen molar-refractivity contribution >= 4 is 0 Å². The Balaban J connectivity index is 2.45. The van der Waals surface area contributed by atoms with Crippen LogP contribution in [0.5, 0.6) is 0 Å². The third-order valence-electron chi connectivity index (χ3n) is 2.64. The van der Waals surface area contributed by atoms with Gasteiger partial charge >= 0.3 is 0 Å². The number of nitrogens with two attached hydrogens (primary N) is 1. The van der Waals surface area contributed by atoms with Crippen LogP contribution in [0.15, 0.2) is 28.9 Å². The Morgan fingerprint density at radius 1 is 1.44 bits per heavy atom. The number of aromatic nitrogens is 2. The molecule has 2 N–H and O–H groups in total. The minimum Gasteiger partial charge on any atom is -0.467 e. The summed E-state index contributed by atoms with van der Waals surface area (Å²) in [6, 6.07) is 5.76. The average Bonchev–Trinajstić information content (AvgIpc) is 2.78. The predicted octanol–water partition coefficient (Wildman–Crippen LogP) is 2.03. The van der Waals surface area contributed by atoms with Gasteiger partial charge < -0.3 is 10.2 Å². The summed E-state index contributed by atoms with van der Waals surface area (Å²) in [6.45, 7) is 5.96. The van der Waals surface area contributed by atoms with E-state index in [1.807, 2.05) is 43.7 Å². The van der Waals surface area contributed by atoms with Gasteiger partial charge in [0.05, 0.1) is 12.0 Å². The largest absolute Gasteiger partial charge is 0.467 e. The molecule has 2 heterocycles. The zero-order valence-electron chi connectivity index (χ0n) is 9.84. The maximum absolute atomic E-state index is 6.02. The maximum Gasteiger partial charge on any atom is 0.129 e. The number of furan rings is 1. The first-order chi connectivity index (χ1) is 7.59. The van der Waals surface area contributed by atoms with Gasteiger partial charge in [-0.3, -0.25) is 4.68 Å². The Morgan fingerprint density at radius 2 is 2.19 bits per heavy atom. The van der Waals surface area contributed by atoms with Crippen molar-refractivity contribution < 1.29 is 4.42 Å². The predicted molar refractivity (Wildman–Crippen MR) is 62.2 cm³/mol. The smallest absolute Gasteiger partial charge is 0.129 e. The van der Waals surface area contributed by atoms with Crippen molar-refractivity contribution in [2.24, 2.45) is 5.73 Å². The molecule has 0 aliphatic carbocycles. The Morgan fingerprint density at radius 3 is 2.62 bits per heavy atom. The van der Waals surface area contributed by atoms with Gasteiger partial charge in [-0.15, -0.1) is 0 Å². The quantitative estimate of drug-likeness (QED) is 0.859. The summed E-state index contributed by atoms with van der Waals surface area (Å²) in [5, 5.41) is 4.46. The molecule has 0 bridgehead atoms. The van der Waals surface area contributed by atoms with Gasteiger partial charge in [0.2, 0.25) is 0 Å². The van der Waals surface area contributed by atoms with Gasteiger partial charge in [-0.1, -0.05) is 0 Å². The molecule has 0 spiro atoms. The third-order valence-corrected chi connectivity index (χ3v) is 2.64. The second kappa shape index (κ2) is 4.14. The van der Waals surface area contributed by atoms with Crippen molar-refractivity contribution in [1.29, 1.82) is 0 Å². The lowest BCUT2D eigenvalue weighted by atomic mass is 10.1. The molecule has 2 rings (SSSR count). The molecule has 0 fully saturated rings. The normalized spacial score (nSPS) is 15.0. The fraction of sp³-hybridized carbons (Fsp3) is 0.417. The Kier molecular flexibility index (Phi) is 2.83. The minimum atomic E-state index is -0.0517. The van der Waals surface area contributed by atoms with Gasteiger partial charge in [0, 0.05) is 11.7 Å². The van der Waals surface area contributed by atoms with Gasteiger partial charge in [-0.2, -0.15) is 5.10 Å². The summed E-state index contributed by atoms with van der Waals surface area (Å²) in [6.07, 6.45) is 1.66. The summed E-state index contributed by atoms with van der Waals surface area (Å²) in [7, 11) is 0. The van der Waals surface area contributed by atoms with Crippen LogP contribution in [0.1, 0.15) is 30.1 Å². The first-order valence-corrected chi connectivity index (χ1v) is 5.41. The van der Waals surface area contributed by atoms with E-state index in [0.29, 0.717) is 0 Å². The Labute approximate surface area is 95.1 Å². The molecule has 0 saturated heterocycles. The van der Waals surface area contributed by atoms with Crippen LogP contribution in [0, 0.1) is 13.8 Å². The van der Waals surface area contributed by atoms with E-state index in [1.165, 1.54) is 0 Å². The molecule has 0 saturated carbocycles. The van der Waals surface area contributed by atoms with Crippen molar-refractivity contribution in [3.63, 3.8) is 0 Å². The molecule has 16 heavy (non-hydrogen) atoms. The lowest BCUT2D eigenvalue weighted by Crippen LogP contribution is -2.31. The second-order valence-electron chi connectivity index (χ2n) is 4.19. The van der Waals surface area contributed by atoms with Gasteiger partial charge in [-0.25, -0.2) is 0 Å². The molecule has 2 aromatic rings. The molecule has 0 aliphatic heterocycles. The highest BCUT2D eigenvalue weighted by atomic mass is 16.3. The molecule has 2 atom stereocenters. The van der Waals surface area contributed by atoms with Crippen LogP contribution in [0.4, 0.5) is 0 Å². The summed E-state index contributed by atoms with van der Waals surface area (Å²) >= 11 is 0. The van der Waals surface area contributed by atoms with Crippen LogP contribution >= 0.6 is 0 Å². The number of aryl methyl sites for hydroxylation is 2. The third kappa shape index (κ3) is 1.88.